The van der Waals surface area contributed by atoms with Crippen LogP contribution in [0, 0.1) is 13.8 Å². The molecule has 1 aliphatic heterocycles. The number of aryl methyl sites for hydroxylation is 2. The maximum absolute atomic E-state index is 12.9. The SMILES string of the molecule is Cc1ccc([C@@]2(C)NC(=O)N(Cc3nc(C(C)C)no3)C2=O)cc1C. The Bertz CT molecular complexity index is 843. The number of imide groups is 1. The Labute approximate surface area is 146 Å². The minimum atomic E-state index is -1.10. The molecule has 0 unspecified atom stereocenters. The Kier molecular flexibility index (Phi) is 4.10. The zero-order chi connectivity index (χ0) is 18.4. The highest BCUT2D eigenvalue weighted by Gasteiger charge is 2.49. The Balaban J connectivity index is 1.87. The van der Waals surface area contributed by atoms with Gasteiger partial charge in [0.1, 0.15) is 12.1 Å². The highest BCUT2D eigenvalue weighted by Crippen LogP contribution is 2.30. The first-order valence-electron chi connectivity index (χ1n) is 8.26. The summed E-state index contributed by atoms with van der Waals surface area (Å²) in [6.45, 7) is 9.55. The highest BCUT2D eigenvalue weighted by atomic mass is 16.5. The first-order valence-corrected chi connectivity index (χ1v) is 8.26. The van der Waals surface area contributed by atoms with Gasteiger partial charge < -0.3 is 9.84 Å². The van der Waals surface area contributed by atoms with Crippen LogP contribution in [0.2, 0.25) is 0 Å². The second-order valence-corrected chi connectivity index (χ2v) is 6.95. The topological polar surface area (TPSA) is 88.3 Å². The minimum Gasteiger partial charge on any atom is -0.337 e. The normalized spacial score (nSPS) is 20.5. The number of nitrogens with one attached hydrogen (secondary N) is 1. The van der Waals surface area contributed by atoms with Crippen molar-refractivity contribution in [2.45, 2.75) is 52.6 Å². The number of carbonyl (C=O) groups excluding carboxylic acids is 2. The third kappa shape index (κ3) is 2.90. The molecule has 132 valence electrons. The molecule has 0 aliphatic carbocycles. The van der Waals surface area contributed by atoms with Crippen LogP contribution < -0.4 is 5.32 Å². The fourth-order valence-corrected chi connectivity index (χ4v) is 2.79. The van der Waals surface area contributed by atoms with Gasteiger partial charge in [-0.1, -0.05) is 37.2 Å². The van der Waals surface area contributed by atoms with Crippen LogP contribution in [0.25, 0.3) is 0 Å². The second kappa shape index (κ2) is 5.98. The summed E-state index contributed by atoms with van der Waals surface area (Å²) in [6, 6.07) is 5.29. The van der Waals surface area contributed by atoms with Crippen molar-refractivity contribution in [3.63, 3.8) is 0 Å². The van der Waals surface area contributed by atoms with Crippen LogP contribution in [0.15, 0.2) is 22.7 Å². The molecule has 1 aromatic carbocycles. The van der Waals surface area contributed by atoms with Crippen LogP contribution in [0.1, 0.15) is 55.1 Å². The van der Waals surface area contributed by atoms with E-state index in [-0.39, 0.29) is 24.3 Å². The van der Waals surface area contributed by atoms with Gasteiger partial charge in [0.05, 0.1) is 0 Å². The van der Waals surface area contributed by atoms with Gasteiger partial charge in [0, 0.05) is 5.92 Å². The standard InChI is InChI=1S/C18H22N4O3/c1-10(2)15-19-14(25-21-15)9-22-16(23)18(5,20-17(22)24)13-7-6-11(3)12(4)8-13/h6-8,10H,9H2,1-5H3,(H,20,24)/t18-/m1/s1. The smallest absolute Gasteiger partial charge is 0.325 e. The van der Waals surface area contributed by atoms with E-state index in [0.717, 1.165) is 21.6 Å². The summed E-state index contributed by atoms with van der Waals surface area (Å²) >= 11 is 0. The number of rotatable bonds is 4. The van der Waals surface area contributed by atoms with E-state index in [0.29, 0.717) is 5.82 Å². The van der Waals surface area contributed by atoms with Crippen molar-refractivity contribution in [3.05, 3.63) is 46.6 Å². The van der Waals surface area contributed by atoms with Crippen molar-refractivity contribution in [1.82, 2.24) is 20.4 Å². The number of hydrogen-bond donors (Lipinski definition) is 1. The van der Waals surface area contributed by atoms with Crippen LogP contribution in [-0.2, 0) is 16.9 Å². The van der Waals surface area contributed by atoms with Crippen molar-refractivity contribution in [3.8, 4) is 0 Å². The molecule has 1 aliphatic rings. The lowest BCUT2D eigenvalue weighted by molar-refractivity contribution is -0.131. The van der Waals surface area contributed by atoms with Crippen molar-refractivity contribution in [1.29, 1.82) is 0 Å². The second-order valence-electron chi connectivity index (χ2n) is 6.95. The Hall–Kier alpha value is -2.70. The van der Waals surface area contributed by atoms with Crippen molar-refractivity contribution in [2.75, 3.05) is 0 Å². The number of aromatic nitrogens is 2. The molecular formula is C18H22N4O3. The van der Waals surface area contributed by atoms with Gasteiger partial charge in [-0.15, -0.1) is 0 Å². The fourth-order valence-electron chi connectivity index (χ4n) is 2.79. The van der Waals surface area contributed by atoms with Gasteiger partial charge in [-0.2, -0.15) is 4.98 Å². The molecule has 1 atom stereocenters. The maximum atomic E-state index is 12.9. The first kappa shape index (κ1) is 17.1. The van der Waals surface area contributed by atoms with Gasteiger partial charge in [-0.25, -0.2) is 4.79 Å². The first-order chi connectivity index (χ1) is 11.7. The minimum absolute atomic E-state index is 0.0369. The molecule has 0 saturated carbocycles. The molecule has 3 amide bonds. The maximum Gasteiger partial charge on any atom is 0.325 e. The Morgan fingerprint density at radius 3 is 2.56 bits per heavy atom. The van der Waals surface area contributed by atoms with Crippen molar-refractivity contribution < 1.29 is 14.1 Å². The molecule has 2 heterocycles. The van der Waals surface area contributed by atoms with Crippen molar-refractivity contribution >= 4 is 11.9 Å². The monoisotopic (exact) mass is 342 g/mol. The molecule has 25 heavy (non-hydrogen) atoms. The van der Waals surface area contributed by atoms with Gasteiger partial charge in [-0.05, 0) is 37.5 Å². The largest absolute Gasteiger partial charge is 0.337 e. The predicted octanol–water partition coefficient (Wildman–Crippen LogP) is 2.78. The van der Waals surface area contributed by atoms with E-state index in [1.54, 1.807) is 6.92 Å². The van der Waals surface area contributed by atoms with E-state index in [1.165, 1.54) is 0 Å². The van der Waals surface area contributed by atoms with Gasteiger partial charge in [0.25, 0.3) is 5.91 Å². The van der Waals surface area contributed by atoms with Crippen LogP contribution >= 0.6 is 0 Å². The van der Waals surface area contributed by atoms with Gasteiger partial charge in [-0.3, -0.25) is 9.69 Å². The molecule has 2 aromatic rings. The molecule has 1 saturated heterocycles. The summed E-state index contributed by atoms with van der Waals surface area (Å²) in [5.41, 5.74) is 1.85. The van der Waals surface area contributed by atoms with E-state index in [9.17, 15) is 9.59 Å². The van der Waals surface area contributed by atoms with E-state index in [1.807, 2.05) is 45.9 Å². The lowest BCUT2D eigenvalue weighted by atomic mass is 9.90. The Morgan fingerprint density at radius 2 is 1.96 bits per heavy atom. The third-order valence-electron chi connectivity index (χ3n) is 4.65. The van der Waals surface area contributed by atoms with Gasteiger partial charge >= 0.3 is 6.03 Å². The molecule has 7 heteroatoms. The molecule has 7 nitrogen and oxygen atoms in total. The summed E-state index contributed by atoms with van der Waals surface area (Å²) < 4.78 is 5.16. The molecule has 0 spiro atoms. The third-order valence-corrected chi connectivity index (χ3v) is 4.65. The molecule has 1 fully saturated rings. The molecule has 1 aromatic heterocycles. The zero-order valence-corrected chi connectivity index (χ0v) is 15.1. The number of benzene rings is 1. The molecule has 1 N–H and O–H groups in total. The lowest BCUT2D eigenvalue weighted by Gasteiger charge is -2.23. The Morgan fingerprint density at radius 1 is 1.24 bits per heavy atom. The van der Waals surface area contributed by atoms with Crippen LogP contribution in [0.3, 0.4) is 0 Å². The summed E-state index contributed by atoms with van der Waals surface area (Å²) in [7, 11) is 0. The van der Waals surface area contributed by atoms with E-state index in [2.05, 4.69) is 15.5 Å². The highest BCUT2D eigenvalue weighted by molar-refractivity contribution is 6.07. The number of urea groups is 1. The molecule has 0 radical (unpaired) electrons. The van der Waals surface area contributed by atoms with Crippen molar-refractivity contribution in [2.24, 2.45) is 0 Å². The zero-order valence-electron chi connectivity index (χ0n) is 15.1. The quantitative estimate of drug-likeness (QED) is 0.863. The van der Waals surface area contributed by atoms with E-state index < -0.39 is 11.6 Å². The summed E-state index contributed by atoms with van der Waals surface area (Å²) in [5, 5.41) is 6.66. The predicted molar refractivity (Wildman–Crippen MR) is 90.7 cm³/mol. The number of nitrogens with zero attached hydrogens (tertiary/aromatic N) is 3. The van der Waals surface area contributed by atoms with Crippen LogP contribution in [0.4, 0.5) is 4.79 Å². The number of hydrogen-bond acceptors (Lipinski definition) is 5. The number of carbonyl (C=O) groups is 2. The summed E-state index contributed by atoms with van der Waals surface area (Å²) in [5.74, 6) is 0.585. The fraction of sp³-hybridized carbons (Fsp3) is 0.444. The molecule has 0 bridgehead atoms. The average Bonchev–Trinajstić information content (AvgIpc) is 3.10. The molecular weight excluding hydrogens is 320 g/mol. The molecule has 3 rings (SSSR count). The van der Waals surface area contributed by atoms with Crippen LogP contribution in [0.5, 0.6) is 0 Å². The lowest BCUT2D eigenvalue weighted by Crippen LogP contribution is -2.40. The van der Waals surface area contributed by atoms with Gasteiger partial charge in [0.15, 0.2) is 5.82 Å². The van der Waals surface area contributed by atoms with E-state index >= 15 is 0 Å². The summed E-state index contributed by atoms with van der Waals surface area (Å²) in [4.78, 5) is 30.7. The van der Waals surface area contributed by atoms with Gasteiger partial charge in [0.2, 0.25) is 5.89 Å². The van der Waals surface area contributed by atoms with E-state index in [4.69, 9.17) is 4.52 Å². The van der Waals surface area contributed by atoms with Crippen LogP contribution in [-0.4, -0.2) is 27.0 Å². The summed E-state index contributed by atoms with van der Waals surface area (Å²) in [6.07, 6.45) is 0. The number of amides is 3. The average molecular weight is 342 g/mol.